The predicted molar refractivity (Wildman–Crippen MR) is 64.3 cm³/mol. The highest BCUT2D eigenvalue weighted by Gasteiger charge is 2.31. The van der Waals surface area contributed by atoms with Crippen LogP contribution >= 0.6 is 11.8 Å². The third kappa shape index (κ3) is 2.65. The summed E-state index contributed by atoms with van der Waals surface area (Å²) in [5.41, 5.74) is -0.243. The Bertz CT molecular complexity index is 410. The van der Waals surface area contributed by atoms with Crippen LogP contribution in [-0.2, 0) is 0 Å². The van der Waals surface area contributed by atoms with E-state index in [1.54, 1.807) is 30.0 Å². The largest absolute Gasteiger partial charge is 0.387 e. The summed E-state index contributed by atoms with van der Waals surface area (Å²) in [5.74, 6) is 2.41. The van der Waals surface area contributed by atoms with Gasteiger partial charge in [-0.2, -0.15) is 17.0 Å². The second-order valence-electron chi connectivity index (χ2n) is 3.90. The monoisotopic (exact) mass is 235 g/mol. The molecule has 5 heteroatoms. The first-order chi connectivity index (χ1) is 7.72. The lowest BCUT2D eigenvalue weighted by molar-refractivity contribution is 0.0819. The van der Waals surface area contributed by atoms with E-state index in [1.165, 1.54) is 0 Å². The van der Waals surface area contributed by atoms with Crippen LogP contribution < -0.4 is 5.32 Å². The first-order valence-electron chi connectivity index (χ1n) is 5.13. The molecule has 1 aromatic rings. The number of nitriles is 1. The summed E-state index contributed by atoms with van der Waals surface area (Å²) in [6.07, 6.45) is 0.808. The summed E-state index contributed by atoms with van der Waals surface area (Å²) in [6.45, 7) is 0.488. The van der Waals surface area contributed by atoms with Gasteiger partial charge in [-0.3, -0.25) is 0 Å². The molecule has 0 bridgehead atoms. The normalized spacial score (nSPS) is 24.0. The number of hydrogen-bond donors (Lipinski definition) is 2. The Morgan fingerprint density at radius 3 is 3.19 bits per heavy atom. The van der Waals surface area contributed by atoms with Gasteiger partial charge in [-0.1, -0.05) is 6.07 Å². The molecule has 84 valence electrons. The van der Waals surface area contributed by atoms with Crippen molar-refractivity contribution in [3.63, 3.8) is 0 Å². The molecule has 1 aromatic heterocycles. The van der Waals surface area contributed by atoms with E-state index in [1.807, 2.05) is 6.07 Å². The predicted octanol–water partition coefficient (Wildman–Crippen LogP) is 1.23. The van der Waals surface area contributed by atoms with Crippen LogP contribution in [0.1, 0.15) is 12.1 Å². The standard InChI is InChI=1S/C11H13N3OS/c12-6-9-2-1-3-10(14-9)13-7-11(15)4-5-16-8-11/h1-3,15H,4-5,7-8H2,(H,13,14). The average Bonchev–Trinajstić information content (AvgIpc) is 2.75. The third-order valence-corrected chi connectivity index (χ3v) is 3.78. The zero-order valence-corrected chi connectivity index (χ0v) is 9.63. The van der Waals surface area contributed by atoms with Crippen LogP contribution in [0.15, 0.2) is 18.2 Å². The highest BCUT2D eigenvalue weighted by Crippen LogP contribution is 2.27. The van der Waals surface area contributed by atoms with Gasteiger partial charge in [0.1, 0.15) is 17.6 Å². The quantitative estimate of drug-likeness (QED) is 0.824. The van der Waals surface area contributed by atoms with Crippen molar-refractivity contribution < 1.29 is 5.11 Å². The molecular formula is C11H13N3OS. The number of nitrogens with one attached hydrogen (secondary N) is 1. The maximum atomic E-state index is 10.1. The molecule has 2 heterocycles. The lowest BCUT2D eigenvalue weighted by atomic mass is 10.0. The molecule has 2 rings (SSSR count). The summed E-state index contributed by atoms with van der Waals surface area (Å²) in [5, 5.41) is 21.9. The number of aliphatic hydroxyl groups is 1. The van der Waals surface area contributed by atoms with Crippen LogP contribution in [-0.4, -0.2) is 33.7 Å². The molecule has 2 N–H and O–H groups in total. The first kappa shape index (κ1) is 11.2. The summed E-state index contributed by atoms with van der Waals surface area (Å²) in [7, 11) is 0. The van der Waals surface area contributed by atoms with Crippen molar-refractivity contribution in [2.45, 2.75) is 12.0 Å². The van der Waals surface area contributed by atoms with Crippen LogP contribution in [0.25, 0.3) is 0 Å². The van der Waals surface area contributed by atoms with Gasteiger partial charge >= 0.3 is 0 Å². The maximum Gasteiger partial charge on any atom is 0.142 e. The number of aromatic nitrogens is 1. The number of hydrogen-bond acceptors (Lipinski definition) is 5. The van der Waals surface area contributed by atoms with E-state index in [9.17, 15) is 5.11 Å². The number of thioether (sulfide) groups is 1. The van der Waals surface area contributed by atoms with Crippen molar-refractivity contribution in [3.05, 3.63) is 23.9 Å². The number of anilines is 1. The number of pyridine rings is 1. The first-order valence-corrected chi connectivity index (χ1v) is 6.28. The molecule has 1 fully saturated rings. The molecule has 1 aliphatic heterocycles. The van der Waals surface area contributed by atoms with E-state index < -0.39 is 5.60 Å². The van der Waals surface area contributed by atoms with E-state index in [0.29, 0.717) is 18.1 Å². The van der Waals surface area contributed by atoms with E-state index in [0.717, 1.165) is 17.9 Å². The van der Waals surface area contributed by atoms with Crippen LogP contribution in [0, 0.1) is 11.3 Å². The van der Waals surface area contributed by atoms with Gasteiger partial charge in [-0.25, -0.2) is 4.98 Å². The fourth-order valence-electron chi connectivity index (χ4n) is 1.59. The van der Waals surface area contributed by atoms with Crippen molar-refractivity contribution in [1.82, 2.24) is 4.98 Å². The molecule has 4 nitrogen and oxygen atoms in total. The van der Waals surface area contributed by atoms with Crippen molar-refractivity contribution in [2.75, 3.05) is 23.4 Å². The molecule has 16 heavy (non-hydrogen) atoms. The smallest absolute Gasteiger partial charge is 0.142 e. The third-order valence-electron chi connectivity index (χ3n) is 2.54. The molecule has 0 aliphatic carbocycles. The molecule has 0 amide bonds. The molecule has 1 atom stereocenters. The van der Waals surface area contributed by atoms with Crippen LogP contribution in [0.3, 0.4) is 0 Å². The van der Waals surface area contributed by atoms with Gasteiger partial charge < -0.3 is 10.4 Å². The van der Waals surface area contributed by atoms with E-state index in [-0.39, 0.29) is 0 Å². The Balaban J connectivity index is 1.96. The molecular weight excluding hydrogens is 222 g/mol. The van der Waals surface area contributed by atoms with Gasteiger partial charge in [0.15, 0.2) is 0 Å². The zero-order chi connectivity index (χ0) is 11.4. The lowest BCUT2D eigenvalue weighted by Crippen LogP contribution is -2.36. The fourth-order valence-corrected chi connectivity index (χ4v) is 2.88. The van der Waals surface area contributed by atoms with Crippen LogP contribution in [0.2, 0.25) is 0 Å². The Kier molecular flexibility index (Phi) is 3.32. The molecule has 1 saturated heterocycles. The number of nitrogens with zero attached hydrogens (tertiary/aromatic N) is 2. The second-order valence-corrected chi connectivity index (χ2v) is 5.01. The summed E-state index contributed by atoms with van der Waals surface area (Å²) in [6, 6.07) is 7.22. The van der Waals surface area contributed by atoms with Crippen molar-refractivity contribution in [2.24, 2.45) is 0 Å². The Morgan fingerprint density at radius 1 is 1.62 bits per heavy atom. The number of rotatable bonds is 3. The van der Waals surface area contributed by atoms with Gasteiger partial charge in [0, 0.05) is 12.3 Å². The highest BCUT2D eigenvalue weighted by atomic mass is 32.2. The van der Waals surface area contributed by atoms with Gasteiger partial charge in [0.05, 0.1) is 5.60 Å². The highest BCUT2D eigenvalue weighted by molar-refractivity contribution is 7.99. The topological polar surface area (TPSA) is 68.9 Å². The molecule has 1 aliphatic rings. The molecule has 0 aromatic carbocycles. The minimum absolute atomic E-state index is 0.387. The van der Waals surface area contributed by atoms with Crippen LogP contribution in [0.4, 0.5) is 5.82 Å². The Hall–Kier alpha value is -1.25. The lowest BCUT2D eigenvalue weighted by Gasteiger charge is -2.21. The second kappa shape index (κ2) is 4.73. The molecule has 1 unspecified atom stereocenters. The Labute approximate surface area is 98.7 Å². The van der Waals surface area contributed by atoms with E-state index >= 15 is 0 Å². The zero-order valence-electron chi connectivity index (χ0n) is 8.81. The molecule has 0 spiro atoms. The Morgan fingerprint density at radius 2 is 2.50 bits per heavy atom. The van der Waals surface area contributed by atoms with Gasteiger partial charge in [0.25, 0.3) is 0 Å². The van der Waals surface area contributed by atoms with Gasteiger partial charge in [-0.05, 0) is 24.3 Å². The van der Waals surface area contributed by atoms with Gasteiger partial charge in [0.2, 0.25) is 0 Å². The summed E-state index contributed by atoms with van der Waals surface area (Å²) >= 11 is 1.76. The molecule has 0 saturated carbocycles. The van der Waals surface area contributed by atoms with E-state index in [4.69, 9.17) is 5.26 Å². The maximum absolute atomic E-state index is 10.1. The van der Waals surface area contributed by atoms with Crippen molar-refractivity contribution >= 4 is 17.6 Å². The SMILES string of the molecule is N#Cc1cccc(NCC2(O)CCSC2)n1. The fraction of sp³-hybridized carbons (Fsp3) is 0.455. The van der Waals surface area contributed by atoms with Crippen molar-refractivity contribution in [3.8, 4) is 6.07 Å². The summed E-state index contributed by atoms with van der Waals surface area (Å²) < 4.78 is 0. The summed E-state index contributed by atoms with van der Waals surface area (Å²) in [4.78, 5) is 4.09. The molecule has 0 radical (unpaired) electrons. The minimum Gasteiger partial charge on any atom is -0.387 e. The van der Waals surface area contributed by atoms with Crippen LogP contribution in [0.5, 0.6) is 0 Å². The average molecular weight is 235 g/mol. The minimum atomic E-state index is -0.630. The van der Waals surface area contributed by atoms with E-state index in [2.05, 4.69) is 10.3 Å². The van der Waals surface area contributed by atoms with Gasteiger partial charge in [-0.15, -0.1) is 0 Å². The van der Waals surface area contributed by atoms with Crippen molar-refractivity contribution in [1.29, 1.82) is 5.26 Å².